The van der Waals surface area contributed by atoms with Gasteiger partial charge >= 0.3 is 5.97 Å². The fourth-order valence-corrected chi connectivity index (χ4v) is 3.95. The summed E-state index contributed by atoms with van der Waals surface area (Å²) in [4.78, 5) is 13.0. The maximum absolute atomic E-state index is 11.0. The fraction of sp³-hybridized carbons (Fsp3) is 0.588. The molecule has 2 fully saturated rings. The van der Waals surface area contributed by atoms with Gasteiger partial charge < -0.3 is 9.84 Å². The number of nitrogens with zero attached hydrogens (tertiary/aromatic N) is 1. The van der Waals surface area contributed by atoms with Gasteiger partial charge in [0.15, 0.2) is 0 Å². The van der Waals surface area contributed by atoms with Crippen molar-refractivity contribution in [3.8, 4) is 0 Å². The third-order valence-electron chi connectivity index (χ3n) is 5.10. The van der Waals surface area contributed by atoms with Crippen LogP contribution in [0.3, 0.4) is 0 Å². The van der Waals surface area contributed by atoms with Crippen molar-refractivity contribution in [1.29, 1.82) is 0 Å². The molecule has 1 aromatic carbocycles. The first-order valence-corrected chi connectivity index (χ1v) is 7.87. The minimum Gasteiger partial charge on any atom is -0.480 e. The molecular formula is C17H21NO3. The number of fused-ring (bicyclic) bond motifs is 3. The molecule has 3 atom stereocenters. The highest BCUT2D eigenvalue weighted by atomic mass is 16.5. The Morgan fingerprint density at radius 2 is 2.00 bits per heavy atom. The van der Waals surface area contributed by atoms with Gasteiger partial charge in [-0.1, -0.05) is 24.3 Å². The Morgan fingerprint density at radius 1 is 1.24 bits per heavy atom. The summed E-state index contributed by atoms with van der Waals surface area (Å²) in [5, 5.41) is 9.01. The van der Waals surface area contributed by atoms with Crippen LogP contribution in [-0.2, 0) is 9.53 Å². The number of carbonyl (C=O) groups is 1. The van der Waals surface area contributed by atoms with Crippen molar-refractivity contribution in [3.05, 3.63) is 35.4 Å². The molecule has 1 saturated carbocycles. The second-order valence-electron chi connectivity index (χ2n) is 6.68. The number of aliphatic carboxylic acids is 1. The maximum Gasteiger partial charge on any atom is 0.317 e. The van der Waals surface area contributed by atoms with Gasteiger partial charge in [-0.3, -0.25) is 9.69 Å². The van der Waals surface area contributed by atoms with E-state index >= 15 is 0 Å². The number of rotatable bonds is 5. The van der Waals surface area contributed by atoms with E-state index in [1.165, 1.54) is 24.0 Å². The molecule has 4 heteroatoms. The van der Waals surface area contributed by atoms with Crippen molar-refractivity contribution >= 4 is 5.97 Å². The Hall–Kier alpha value is -1.39. The van der Waals surface area contributed by atoms with E-state index in [-0.39, 0.29) is 12.6 Å². The number of carboxylic acids is 1. The Bertz CT molecular complexity index is 555. The Morgan fingerprint density at radius 3 is 2.71 bits per heavy atom. The lowest BCUT2D eigenvalue weighted by molar-refractivity contribution is -0.138. The molecule has 2 aliphatic carbocycles. The minimum atomic E-state index is -0.737. The van der Waals surface area contributed by atoms with E-state index in [1.54, 1.807) is 0 Å². The Labute approximate surface area is 124 Å². The highest BCUT2D eigenvalue weighted by molar-refractivity contribution is 5.69. The molecule has 112 valence electrons. The van der Waals surface area contributed by atoms with Gasteiger partial charge in [0.2, 0.25) is 0 Å². The number of likely N-dealkylation sites (tertiary alicyclic amines) is 1. The van der Waals surface area contributed by atoms with Crippen LogP contribution in [0.15, 0.2) is 24.3 Å². The predicted molar refractivity (Wildman–Crippen MR) is 78.2 cm³/mol. The molecule has 1 N–H and O–H groups in total. The topological polar surface area (TPSA) is 49.8 Å². The van der Waals surface area contributed by atoms with Crippen molar-refractivity contribution in [2.75, 3.05) is 26.2 Å². The highest BCUT2D eigenvalue weighted by Crippen LogP contribution is 2.51. The quantitative estimate of drug-likeness (QED) is 0.902. The molecule has 4 rings (SSSR count). The van der Waals surface area contributed by atoms with Crippen LogP contribution in [0.25, 0.3) is 0 Å². The van der Waals surface area contributed by atoms with Crippen LogP contribution in [0.5, 0.6) is 0 Å². The molecule has 1 heterocycles. The number of carboxylic acid groups (broad SMARTS) is 1. The molecule has 0 bridgehead atoms. The monoisotopic (exact) mass is 287 g/mol. The zero-order chi connectivity index (χ0) is 14.4. The van der Waals surface area contributed by atoms with E-state index in [9.17, 15) is 4.79 Å². The van der Waals surface area contributed by atoms with Crippen molar-refractivity contribution in [2.24, 2.45) is 11.8 Å². The van der Waals surface area contributed by atoms with Gasteiger partial charge in [-0.25, -0.2) is 0 Å². The minimum absolute atomic E-state index is 0.143. The van der Waals surface area contributed by atoms with Crippen molar-refractivity contribution in [1.82, 2.24) is 4.90 Å². The lowest BCUT2D eigenvalue weighted by atomic mass is 9.96. The van der Waals surface area contributed by atoms with E-state index in [0.29, 0.717) is 11.8 Å². The zero-order valence-electron chi connectivity index (χ0n) is 12.1. The third kappa shape index (κ3) is 2.47. The second kappa shape index (κ2) is 5.11. The normalized spacial score (nSPS) is 31.1. The van der Waals surface area contributed by atoms with Crippen LogP contribution >= 0.6 is 0 Å². The van der Waals surface area contributed by atoms with E-state index in [2.05, 4.69) is 29.2 Å². The molecule has 0 aromatic heterocycles. The smallest absolute Gasteiger partial charge is 0.317 e. The maximum atomic E-state index is 11.0. The van der Waals surface area contributed by atoms with E-state index < -0.39 is 5.97 Å². The fourth-order valence-electron chi connectivity index (χ4n) is 3.95. The molecule has 21 heavy (non-hydrogen) atoms. The van der Waals surface area contributed by atoms with Gasteiger partial charge in [-0.2, -0.15) is 0 Å². The Kier molecular flexibility index (Phi) is 3.23. The molecule has 0 spiro atoms. The van der Waals surface area contributed by atoms with Gasteiger partial charge in [0, 0.05) is 24.9 Å². The summed E-state index contributed by atoms with van der Waals surface area (Å²) in [6.07, 6.45) is 2.76. The summed E-state index contributed by atoms with van der Waals surface area (Å²) in [5.74, 6) is 0.872. The van der Waals surface area contributed by atoms with Crippen LogP contribution in [-0.4, -0.2) is 42.2 Å². The lowest BCUT2D eigenvalue weighted by Crippen LogP contribution is -2.29. The highest BCUT2D eigenvalue weighted by Gasteiger charge is 2.47. The Balaban J connectivity index is 1.55. The summed E-state index contributed by atoms with van der Waals surface area (Å²) in [6.45, 7) is 2.68. The van der Waals surface area contributed by atoms with Gasteiger partial charge in [-0.05, 0) is 29.9 Å². The summed E-state index contributed by atoms with van der Waals surface area (Å²) in [5.41, 5.74) is 2.71. The van der Waals surface area contributed by atoms with E-state index in [4.69, 9.17) is 9.84 Å². The van der Waals surface area contributed by atoms with Gasteiger partial charge in [0.1, 0.15) is 0 Å². The first kappa shape index (κ1) is 13.3. The number of ether oxygens (including phenoxy) is 1. The average molecular weight is 287 g/mol. The van der Waals surface area contributed by atoms with Crippen LogP contribution in [0.1, 0.15) is 36.0 Å². The van der Waals surface area contributed by atoms with Crippen LogP contribution in [0.4, 0.5) is 0 Å². The third-order valence-corrected chi connectivity index (χ3v) is 5.10. The van der Waals surface area contributed by atoms with Crippen LogP contribution in [0.2, 0.25) is 0 Å². The number of benzene rings is 1. The van der Waals surface area contributed by atoms with Gasteiger partial charge in [0.25, 0.3) is 0 Å². The van der Waals surface area contributed by atoms with Crippen LogP contribution < -0.4 is 0 Å². The SMILES string of the molecule is O=C(O)CN1C[C@@H]2C(OCC3CC3)c3ccccc3[C@@H]2C1. The molecule has 4 nitrogen and oxygen atoms in total. The number of hydrogen-bond acceptors (Lipinski definition) is 3. The van der Waals surface area contributed by atoms with Crippen molar-refractivity contribution in [3.63, 3.8) is 0 Å². The standard InChI is InChI=1S/C17H21NO3/c19-16(20)9-18-7-14-12-3-1-2-4-13(12)17(15(14)8-18)21-10-11-5-6-11/h1-4,11,14-15,17H,5-10H2,(H,19,20)/t14-,15-,17?/m0/s1. The van der Waals surface area contributed by atoms with Crippen molar-refractivity contribution < 1.29 is 14.6 Å². The summed E-state index contributed by atoms with van der Waals surface area (Å²) >= 11 is 0. The molecule has 1 aliphatic heterocycles. The van der Waals surface area contributed by atoms with Crippen LogP contribution in [0, 0.1) is 11.8 Å². The number of hydrogen-bond donors (Lipinski definition) is 1. The average Bonchev–Trinajstić information content (AvgIpc) is 3.12. The molecule has 0 amide bonds. The summed E-state index contributed by atoms with van der Waals surface area (Å²) in [6, 6.07) is 8.55. The second-order valence-corrected chi connectivity index (χ2v) is 6.68. The van der Waals surface area contributed by atoms with E-state index in [1.807, 2.05) is 0 Å². The summed E-state index contributed by atoms with van der Waals surface area (Å²) < 4.78 is 6.25. The zero-order valence-corrected chi connectivity index (χ0v) is 12.1. The molecule has 1 saturated heterocycles. The first-order chi connectivity index (χ1) is 10.2. The predicted octanol–water partition coefficient (Wildman–Crippen LogP) is 2.27. The molecule has 3 aliphatic rings. The van der Waals surface area contributed by atoms with Gasteiger partial charge in [0.05, 0.1) is 19.3 Å². The van der Waals surface area contributed by atoms with Crippen molar-refractivity contribution in [2.45, 2.75) is 24.9 Å². The molecule has 1 aromatic rings. The first-order valence-electron chi connectivity index (χ1n) is 7.87. The van der Waals surface area contributed by atoms with Gasteiger partial charge in [-0.15, -0.1) is 0 Å². The molecular weight excluding hydrogens is 266 g/mol. The largest absolute Gasteiger partial charge is 0.480 e. The molecule has 0 radical (unpaired) electrons. The molecule has 1 unspecified atom stereocenters. The lowest BCUT2D eigenvalue weighted by Gasteiger charge is -2.21. The summed E-state index contributed by atoms with van der Waals surface area (Å²) in [7, 11) is 0. The van der Waals surface area contributed by atoms with E-state index in [0.717, 1.165) is 25.6 Å².